The first-order valence-corrected chi connectivity index (χ1v) is 2.63. The Morgan fingerprint density at radius 3 is 2.78 bits per heavy atom. The largest absolute Gasteiger partial charge is 0.506 e. The molecular weight excluding hydrogens is 143 g/mol. The van der Waals surface area contributed by atoms with Gasteiger partial charge in [0.15, 0.2) is 0 Å². The molecule has 0 atom stereocenters. The van der Waals surface area contributed by atoms with Gasteiger partial charge in [0, 0.05) is 12.1 Å². The van der Waals surface area contributed by atoms with Crippen LogP contribution in [0.3, 0.4) is 0 Å². The van der Waals surface area contributed by atoms with E-state index in [2.05, 4.69) is 6.07 Å². The molecule has 47 valence electrons. The number of rotatable bonds is 0. The Balaban J connectivity index is 3.17. The molecule has 0 aliphatic carbocycles. The molecule has 3 heteroatoms. The second-order valence-electron chi connectivity index (χ2n) is 1.51. The summed E-state index contributed by atoms with van der Waals surface area (Å²) in [6, 6.07) is 4.26. The normalized spacial score (nSPS) is 9.56. The first-order chi connectivity index (χ1) is 4.20. The summed E-state index contributed by atoms with van der Waals surface area (Å²) in [5.41, 5.74) is 0. The molecule has 0 heterocycles. The van der Waals surface area contributed by atoms with E-state index < -0.39 is 5.82 Å². The van der Waals surface area contributed by atoms with Crippen molar-refractivity contribution in [2.45, 2.75) is 0 Å². The smallest absolute Gasteiger partial charge is 0.137 e. The summed E-state index contributed by atoms with van der Waals surface area (Å²) in [4.78, 5) is 0. The predicted octanol–water partition coefficient (Wildman–Crippen LogP) is 1.98. The monoisotopic (exact) mass is 145 g/mol. The molecule has 1 rings (SSSR count). The third-order valence-electron chi connectivity index (χ3n) is 0.845. The zero-order valence-corrected chi connectivity index (χ0v) is 5.11. The molecule has 0 saturated heterocycles. The summed E-state index contributed by atoms with van der Waals surface area (Å²) in [5.74, 6) is -0.871. The molecule has 0 fully saturated rings. The second-order valence-corrected chi connectivity index (χ2v) is 1.92. The number of halogens is 2. The molecule has 0 amide bonds. The maximum Gasteiger partial charge on any atom is 0.137 e. The number of hydrogen-bond acceptors (Lipinski definition) is 1. The van der Waals surface area contributed by atoms with Crippen LogP contribution >= 0.6 is 11.6 Å². The minimum atomic E-state index is -0.614. The van der Waals surface area contributed by atoms with Gasteiger partial charge in [-0.25, -0.2) is 4.39 Å². The quantitative estimate of drug-likeness (QED) is 0.592. The van der Waals surface area contributed by atoms with Crippen molar-refractivity contribution in [1.82, 2.24) is 0 Å². The lowest BCUT2D eigenvalue weighted by molar-refractivity contribution is 0.469. The van der Waals surface area contributed by atoms with Crippen molar-refractivity contribution < 1.29 is 9.50 Å². The second kappa shape index (κ2) is 2.23. The van der Waals surface area contributed by atoms with Crippen molar-refractivity contribution in [3.05, 3.63) is 29.0 Å². The van der Waals surface area contributed by atoms with E-state index in [9.17, 15) is 4.39 Å². The van der Waals surface area contributed by atoms with Crippen LogP contribution in [-0.4, -0.2) is 5.11 Å². The van der Waals surface area contributed by atoms with Gasteiger partial charge in [-0.05, 0) is 6.07 Å². The van der Waals surface area contributed by atoms with Gasteiger partial charge in [-0.1, -0.05) is 11.6 Å². The highest BCUT2D eigenvalue weighted by atomic mass is 35.5. The zero-order valence-electron chi connectivity index (χ0n) is 4.36. The summed E-state index contributed by atoms with van der Waals surface area (Å²) in [5, 5.41) is 8.82. The predicted molar refractivity (Wildman–Crippen MR) is 31.9 cm³/mol. The Hall–Kier alpha value is -0.760. The van der Waals surface area contributed by atoms with Crippen LogP contribution in [0.5, 0.6) is 5.75 Å². The van der Waals surface area contributed by atoms with Gasteiger partial charge in [-0.3, -0.25) is 0 Å². The van der Waals surface area contributed by atoms with Crippen molar-refractivity contribution in [1.29, 1.82) is 0 Å². The van der Waals surface area contributed by atoms with E-state index in [1.54, 1.807) is 0 Å². The molecule has 1 radical (unpaired) electrons. The molecule has 0 saturated carbocycles. The van der Waals surface area contributed by atoms with Crippen molar-refractivity contribution in [3.8, 4) is 5.75 Å². The lowest BCUT2D eigenvalue weighted by Gasteiger charge is -1.92. The van der Waals surface area contributed by atoms with E-state index in [1.165, 1.54) is 6.07 Å². The highest BCUT2D eigenvalue weighted by molar-refractivity contribution is 6.31. The average molecular weight is 146 g/mol. The fourth-order valence-corrected chi connectivity index (χ4v) is 0.546. The Bertz CT molecular complexity index is 224. The average Bonchev–Trinajstić information content (AvgIpc) is 1.80. The number of hydrogen-bond donors (Lipinski definition) is 1. The van der Waals surface area contributed by atoms with Crippen LogP contribution in [0.1, 0.15) is 0 Å². The molecule has 1 aromatic carbocycles. The maximum atomic E-state index is 12.1. The van der Waals surface area contributed by atoms with Crippen molar-refractivity contribution >= 4 is 11.6 Å². The lowest BCUT2D eigenvalue weighted by atomic mass is 10.3. The molecule has 1 N–H and O–H groups in total. The Morgan fingerprint density at radius 1 is 1.67 bits per heavy atom. The zero-order chi connectivity index (χ0) is 6.85. The Kier molecular flexibility index (Phi) is 1.58. The van der Waals surface area contributed by atoms with Crippen LogP contribution in [-0.2, 0) is 0 Å². The van der Waals surface area contributed by atoms with Gasteiger partial charge >= 0.3 is 0 Å². The third kappa shape index (κ3) is 1.33. The molecule has 0 spiro atoms. The van der Waals surface area contributed by atoms with Gasteiger partial charge in [0.1, 0.15) is 11.6 Å². The highest BCUT2D eigenvalue weighted by Gasteiger charge is 1.97. The fraction of sp³-hybridized carbons (Fsp3) is 0. The molecule has 0 aliphatic rings. The first kappa shape index (κ1) is 6.36. The number of aromatic hydroxyl groups is 1. The first-order valence-electron chi connectivity index (χ1n) is 2.26. The number of phenolic OH excluding ortho intramolecular Hbond substituents is 1. The summed E-state index contributed by atoms with van der Waals surface area (Å²) in [6.07, 6.45) is 0. The molecule has 1 aromatic rings. The van der Waals surface area contributed by atoms with Crippen LogP contribution in [0.25, 0.3) is 0 Å². The lowest BCUT2D eigenvalue weighted by Crippen LogP contribution is -1.72. The highest BCUT2D eigenvalue weighted by Crippen LogP contribution is 2.22. The molecule has 0 aliphatic heterocycles. The third-order valence-corrected chi connectivity index (χ3v) is 1.15. The van der Waals surface area contributed by atoms with Gasteiger partial charge in [0.05, 0.1) is 5.02 Å². The minimum absolute atomic E-state index is 0.108. The van der Waals surface area contributed by atoms with Crippen molar-refractivity contribution in [2.24, 2.45) is 0 Å². The molecule has 0 aromatic heterocycles. The summed E-state index contributed by atoms with van der Waals surface area (Å²) >= 11 is 5.33. The van der Waals surface area contributed by atoms with Crippen LogP contribution in [0.4, 0.5) is 4.39 Å². The summed E-state index contributed by atoms with van der Waals surface area (Å²) in [7, 11) is 0. The molecule has 1 nitrogen and oxygen atoms in total. The van der Waals surface area contributed by atoms with Crippen LogP contribution in [0.15, 0.2) is 12.1 Å². The van der Waals surface area contributed by atoms with Crippen molar-refractivity contribution in [3.63, 3.8) is 0 Å². The van der Waals surface area contributed by atoms with Crippen LogP contribution in [0.2, 0.25) is 5.02 Å². The van der Waals surface area contributed by atoms with Gasteiger partial charge in [-0.2, -0.15) is 0 Å². The SMILES string of the molecule is Oc1cc(F)[c]cc1Cl. The maximum absolute atomic E-state index is 12.1. The summed E-state index contributed by atoms with van der Waals surface area (Å²) < 4.78 is 12.1. The van der Waals surface area contributed by atoms with Gasteiger partial charge in [-0.15, -0.1) is 0 Å². The van der Waals surface area contributed by atoms with Crippen LogP contribution < -0.4 is 0 Å². The van der Waals surface area contributed by atoms with E-state index in [0.717, 1.165) is 6.07 Å². The van der Waals surface area contributed by atoms with E-state index >= 15 is 0 Å². The topological polar surface area (TPSA) is 20.2 Å². The molecule has 0 bridgehead atoms. The van der Waals surface area contributed by atoms with E-state index in [4.69, 9.17) is 16.7 Å². The molecule has 0 unspecified atom stereocenters. The van der Waals surface area contributed by atoms with E-state index in [0.29, 0.717) is 0 Å². The Labute approximate surface area is 56.7 Å². The van der Waals surface area contributed by atoms with Crippen LogP contribution in [0, 0.1) is 11.9 Å². The minimum Gasteiger partial charge on any atom is -0.506 e. The van der Waals surface area contributed by atoms with Gasteiger partial charge < -0.3 is 5.11 Å². The van der Waals surface area contributed by atoms with E-state index in [1.807, 2.05) is 0 Å². The van der Waals surface area contributed by atoms with Crippen molar-refractivity contribution in [2.75, 3.05) is 0 Å². The molecular formula is C6H3ClFO. The standard InChI is InChI=1S/C6H3ClFO/c7-5-2-1-4(8)3-6(5)9/h2-3,9H. The number of benzene rings is 1. The van der Waals surface area contributed by atoms with Gasteiger partial charge in [0.2, 0.25) is 0 Å². The Morgan fingerprint density at radius 2 is 2.33 bits per heavy atom. The molecule has 9 heavy (non-hydrogen) atoms. The fourth-order valence-electron chi connectivity index (χ4n) is 0.437. The van der Waals surface area contributed by atoms with Gasteiger partial charge in [0.25, 0.3) is 0 Å². The number of phenols is 1. The summed E-state index contributed by atoms with van der Waals surface area (Å²) in [6.45, 7) is 0. The van der Waals surface area contributed by atoms with E-state index in [-0.39, 0.29) is 10.8 Å².